The van der Waals surface area contributed by atoms with Crippen molar-refractivity contribution in [2.24, 2.45) is 0 Å². The van der Waals surface area contributed by atoms with E-state index < -0.39 is 12.0 Å². The van der Waals surface area contributed by atoms with Crippen molar-refractivity contribution in [3.05, 3.63) is 59.1 Å². The van der Waals surface area contributed by atoms with Crippen LogP contribution in [0.25, 0.3) is 0 Å². The summed E-state index contributed by atoms with van der Waals surface area (Å²) in [4.78, 5) is 40.2. The van der Waals surface area contributed by atoms with E-state index in [0.29, 0.717) is 18.8 Å². The lowest BCUT2D eigenvalue weighted by molar-refractivity contribution is -0.130. The molecule has 0 saturated carbocycles. The lowest BCUT2D eigenvalue weighted by atomic mass is 10.2. The number of hydrogen-bond acceptors (Lipinski definition) is 5. The van der Waals surface area contributed by atoms with Gasteiger partial charge in [-0.05, 0) is 30.3 Å². The molecule has 2 aromatic carbocycles. The highest BCUT2D eigenvalue weighted by molar-refractivity contribution is 6.33. The van der Waals surface area contributed by atoms with Crippen LogP contribution in [0.3, 0.4) is 0 Å². The van der Waals surface area contributed by atoms with Crippen molar-refractivity contribution in [1.29, 1.82) is 0 Å². The van der Waals surface area contributed by atoms with E-state index in [1.807, 2.05) is 30.3 Å². The zero-order chi connectivity index (χ0) is 21.5. The number of carbonyl (C=O) groups excluding carboxylic acids is 3. The molecule has 2 aromatic rings. The predicted octanol–water partition coefficient (Wildman–Crippen LogP) is 2.60. The van der Waals surface area contributed by atoms with Gasteiger partial charge in [0.05, 0.1) is 24.2 Å². The van der Waals surface area contributed by atoms with Gasteiger partial charge in [-0.25, -0.2) is 9.59 Å². The summed E-state index contributed by atoms with van der Waals surface area (Å²) in [5.74, 6) is -0.752. The Labute approximate surface area is 179 Å². The molecule has 0 aromatic heterocycles. The summed E-state index contributed by atoms with van der Waals surface area (Å²) >= 11 is 5.96. The quantitative estimate of drug-likeness (QED) is 0.711. The van der Waals surface area contributed by atoms with Crippen LogP contribution in [0.15, 0.2) is 48.5 Å². The van der Waals surface area contributed by atoms with Crippen LogP contribution in [0, 0.1) is 0 Å². The molecule has 0 atom stereocenters. The third kappa shape index (κ3) is 5.42. The maximum Gasteiger partial charge on any atom is 0.339 e. The number of para-hydroxylation sites is 1. The van der Waals surface area contributed by atoms with E-state index >= 15 is 0 Å². The lowest BCUT2D eigenvalue weighted by Crippen LogP contribution is -2.51. The number of methoxy groups -OCH3 is 1. The molecule has 0 aliphatic carbocycles. The number of esters is 1. The van der Waals surface area contributed by atoms with E-state index in [4.69, 9.17) is 11.6 Å². The third-order valence-corrected chi connectivity index (χ3v) is 5.11. The molecule has 30 heavy (non-hydrogen) atoms. The summed E-state index contributed by atoms with van der Waals surface area (Å²) in [6.45, 7) is 2.55. The van der Waals surface area contributed by atoms with Crippen molar-refractivity contribution in [3.63, 3.8) is 0 Å². The van der Waals surface area contributed by atoms with Crippen molar-refractivity contribution in [2.45, 2.75) is 0 Å². The smallest absolute Gasteiger partial charge is 0.339 e. The molecule has 0 bridgehead atoms. The Hall–Kier alpha value is -3.26. The minimum absolute atomic E-state index is 0.116. The van der Waals surface area contributed by atoms with Crippen molar-refractivity contribution in [3.8, 4) is 0 Å². The average Bonchev–Trinajstić information content (AvgIpc) is 2.79. The SMILES string of the molecule is COC(=O)c1cc(NC(=O)NCC(=O)N2CCN(c3ccccc3)CC2)ccc1Cl. The monoisotopic (exact) mass is 430 g/mol. The second-order valence-electron chi connectivity index (χ2n) is 6.70. The average molecular weight is 431 g/mol. The van der Waals surface area contributed by atoms with Crippen LogP contribution < -0.4 is 15.5 Å². The molecule has 3 rings (SSSR count). The van der Waals surface area contributed by atoms with Crippen LogP contribution in [0.5, 0.6) is 0 Å². The normalized spacial score (nSPS) is 13.5. The molecule has 1 aliphatic heterocycles. The zero-order valence-electron chi connectivity index (χ0n) is 16.6. The van der Waals surface area contributed by atoms with Crippen LogP contribution in [0.1, 0.15) is 10.4 Å². The molecule has 9 heteroatoms. The first-order chi connectivity index (χ1) is 14.5. The maximum absolute atomic E-state index is 12.4. The van der Waals surface area contributed by atoms with Gasteiger partial charge >= 0.3 is 12.0 Å². The summed E-state index contributed by atoms with van der Waals surface area (Å²) in [7, 11) is 1.25. The van der Waals surface area contributed by atoms with Gasteiger partial charge in [-0.15, -0.1) is 0 Å². The van der Waals surface area contributed by atoms with Crippen LogP contribution in [-0.2, 0) is 9.53 Å². The molecule has 0 radical (unpaired) electrons. The first kappa shape index (κ1) is 21.4. The van der Waals surface area contributed by atoms with Gasteiger partial charge in [0.25, 0.3) is 0 Å². The van der Waals surface area contributed by atoms with Gasteiger partial charge in [-0.2, -0.15) is 0 Å². The van der Waals surface area contributed by atoms with Crippen LogP contribution in [-0.4, -0.2) is 62.6 Å². The Bertz CT molecular complexity index is 914. The lowest BCUT2D eigenvalue weighted by Gasteiger charge is -2.36. The minimum Gasteiger partial charge on any atom is -0.465 e. The third-order valence-electron chi connectivity index (χ3n) is 4.78. The fraction of sp³-hybridized carbons (Fsp3) is 0.286. The van der Waals surface area contributed by atoms with E-state index in [-0.39, 0.29) is 23.0 Å². The predicted molar refractivity (Wildman–Crippen MR) is 115 cm³/mol. The van der Waals surface area contributed by atoms with Crippen molar-refractivity contribution >= 4 is 40.9 Å². The van der Waals surface area contributed by atoms with Gasteiger partial charge < -0.3 is 25.2 Å². The number of amides is 3. The molecule has 2 N–H and O–H groups in total. The largest absolute Gasteiger partial charge is 0.465 e. The van der Waals surface area contributed by atoms with Gasteiger partial charge in [0.15, 0.2) is 0 Å². The van der Waals surface area contributed by atoms with E-state index in [1.54, 1.807) is 11.0 Å². The standard InChI is InChI=1S/C21H23ClN4O4/c1-30-20(28)17-13-15(7-8-18(17)22)24-21(29)23-14-19(27)26-11-9-25(10-12-26)16-5-3-2-4-6-16/h2-8,13H,9-12,14H2,1H3,(H2,23,24,29). The number of benzene rings is 2. The zero-order valence-corrected chi connectivity index (χ0v) is 17.3. The van der Waals surface area contributed by atoms with E-state index in [1.165, 1.54) is 19.2 Å². The number of urea groups is 1. The molecule has 8 nitrogen and oxygen atoms in total. The van der Waals surface area contributed by atoms with Gasteiger partial charge in [0.2, 0.25) is 5.91 Å². The van der Waals surface area contributed by atoms with Gasteiger partial charge in [-0.3, -0.25) is 4.79 Å². The number of carbonyl (C=O) groups is 3. The summed E-state index contributed by atoms with van der Waals surface area (Å²) in [6, 6.07) is 14.0. The number of halogens is 1. The molecule has 1 saturated heterocycles. The molecule has 1 fully saturated rings. The Morgan fingerprint density at radius 1 is 1.03 bits per heavy atom. The van der Waals surface area contributed by atoms with Crippen molar-refractivity contribution < 1.29 is 19.1 Å². The molecule has 0 unspecified atom stereocenters. The second-order valence-corrected chi connectivity index (χ2v) is 7.10. The summed E-state index contributed by atoms with van der Waals surface area (Å²) in [5, 5.41) is 5.34. The Morgan fingerprint density at radius 3 is 2.40 bits per heavy atom. The van der Waals surface area contributed by atoms with E-state index in [2.05, 4.69) is 20.3 Å². The molecule has 1 aliphatic rings. The van der Waals surface area contributed by atoms with Crippen LogP contribution in [0.4, 0.5) is 16.2 Å². The molecule has 158 valence electrons. The second kappa shape index (κ2) is 9.98. The molecule has 0 spiro atoms. The molecule has 3 amide bonds. The van der Waals surface area contributed by atoms with Gasteiger partial charge in [-0.1, -0.05) is 29.8 Å². The highest BCUT2D eigenvalue weighted by Crippen LogP contribution is 2.21. The van der Waals surface area contributed by atoms with Crippen LogP contribution in [0.2, 0.25) is 5.02 Å². The fourth-order valence-electron chi connectivity index (χ4n) is 3.17. The maximum atomic E-state index is 12.4. The number of ether oxygens (including phenoxy) is 1. The summed E-state index contributed by atoms with van der Waals surface area (Å²) in [5.41, 5.74) is 1.64. The first-order valence-corrected chi connectivity index (χ1v) is 9.86. The Kier molecular flexibility index (Phi) is 7.13. The summed E-state index contributed by atoms with van der Waals surface area (Å²) in [6.07, 6.45) is 0. The number of piperazine rings is 1. The fourth-order valence-corrected chi connectivity index (χ4v) is 3.36. The highest BCUT2D eigenvalue weighted by atomic mass is 35.5. The number of nitrogens with one attached hydrogen (secondary N) is 2. The Morgan fingerprint density at radius 2 is 1.73 bits per heavy atom. The van der Waals surface area contributed by atoms with E-state index in [9.17, 15) is 14.4 Å². The first-order valence-electron chi connectivity index (χ1n) is 9.48. The topological polar surface area (TPSA) is 91.0 Å². The molecule has 1 heterocycles. The molecular weight excluding hydrogens is 408 g/mol. The Balaban J connectivity index is 1.46. The number of anilines is 2. The minimum atomic E-state index is -0.603. The summed E-state index contributed by atoms with van der Waals surface area (Å²) < 4.78 is 4.65. The van der Waals surface area contributed by atoms with E-state index in [0.717, 1.165) is 18.8 Å². The van der Waals surface area contributed by atoms with Gasteiger partial charge in [0.1, 0.15) is 0 Å². The number of hydrogen-bond donors (Lipinski definition) is 2. The highest BCUT2D eigenvalue weighted by Gasteiger charge is 2.21. The number of nitrogens with zero attached hydrogens (tertiary/aromatic N) is 2. The van der Waals surface area contributed by atoms with Crippen LogP contribution >= 0.6 is 11.6 Å². The number of rotatable bonds is 5. The van der Waals surface area contributed by atoms with Crippen molar-refractivity contribution in [2.75, 3.05) is 50.1 Å². The van der Waals surface area contributed by atoms with Gasteiger partial charge in [0, 0.05) is 37.6 Å². The van der Waals surface area contributed by atoms with Crippen molar-refractivity contribution in [1.82, 2.24) is 10.2 Å². The molecular formula is C21H23ClN4O4.